The van der Waals surface area contributed by atoms with Gasteiger partial charge in [0, 0.05) is 6.04 Å². The third-order valence-corrected chi connectivity index (χ3v) is 1.85. The molecule has 0 radical (unpaired) electrons. The summed E-state index contributed by atoms with van der Waals surface area (Å²) in [4.78, 5) is 4.03. The van der Waals surface area contributed by atoms with Gasteiger partial charge in [-0.15, -0.1) is 0 Å². The van der Waals surface area contributed by atoms with Crippen molar-refractivity contribution < 1.29 is 0 Å². The van der Waals surface area contributed by atoms with Gasteiger partial charge in [-0.2, -0.15) is 5.10 Å². The van der Waals surface area contributed by atoms with Crippen LogP contribution in [-0.2, 0) is 0 Å². The van der Waals surface area contributed by atoms with Crippen LogP contribution in [0.5, 0.6) is 0 Å². The Morgan fingerprint density at radius 3 is 2.64 bits per heavy atom. The Bertz CT molecular complexity index is 282. The molecule has 0 bridgehead atoms. The number of aromatic amines is 1. The van der Waals surface area contributed by atoms with Crippen LogP contribution in [0.4, 0.5) is 0 Å². The Labute approximate surface area is 88.7 Å². The lowest BCUT2D eigenvalue weighted by molar-refractivity contribution is 0.635. The van der Waals surface area contributed by atoms with Gasteiger partial charge in [-0.25, -0.2) is 4.98 Å². The van der Waals surface area contributed by atoms with Gasteiger partial charge in [0.25, 0.3) is 0 Å². The van der Waals surface area contributed by atoms with Crippen LogP contribution in [-0.4, -0.2) is 26.3 Å². The normalized spacial score (nSPS) is 12.6. The topological polar surface area (TPSA) is 65.6 Å². The summed E-state index contributed by atoms with van der Waals surface area (Å²) in [6.07, 6.45) is 1.48. The average Bonchev–Trinajstić information content (AvgIpc) is 2.53. The second-order valence-electron chi connectivity index (χ2n) is 3.36. The number of hydrogen-bond donors (Lipinski definition) is 3. The summed E-state index contributed by atoms with van der Waals surface area (Å²) >= 11 is 5.10. The van der Waals surface area contributed by atoms with Crippen molar-refractivity contribution in [1.82, 2.24) is 25.8 Å². The minimum absolute atomic E-state index is 0.0382. The Kier molecular flexibility index (Phi) is 3.82. The van der Waals surface area contributed by atoms with Crippen LogP contribution in [0.1, 0.15) is 32.6 Å². The van der Waals surface area contributed by atoms with Crippen molar-refractivity contribution >= 4 is 17.3 Å². The Morgan fingerprint density at radius 2 is 2.14 bits per heavy atom. The molecule has 14 heavy (non-hydrogen) atoms. The molecule has 1 atom stereocenters. The fraction of sp³-hybridized carbons (Fsp3) is 0.625. The lowest BCUT2D eigenvalue weighted by Gasteiger charge is -2.16. The van der Waals surface area contributed by atoms with Crippen molar-refractivity contribution in [3.63, 3.8) is 0 Å². The monoisotopic (exact) mass is 213 g/mol. The molecule has 78 valence electrons. The van der Waals surface area contributed by atoms with Crippen molar-refractivity contribution in [3.8, 4) is 0 Å². The highest BCUT2D eigenvalue weighted by Gasteiger charge is 2.09. The summed E-state index contributed by atoms with van der Waals surface area (Å²) in [5.41, 5.74) is 0. The number of nitrogens with one attached hydrogen (secondary N) is 3. The van der Waals surface area contributed by atoms with E-state index in [0.29, 0.717) is 11.2 Å². The second kappa shape index (κ2) is 4.90. The van der Waals surface area contributed by atoms with E-state index in [4.69, 9.17) is 12.2 Å². The number of aromatic nitrogens is 3. The fourth-order valence-corrected chi connectivity index (χ4v) is 1.40. The number of H-pyrrole nitrogens is 1. The van der Waals surface area contributed by atoms with Crippen LogP contribution in [0, 0.1) is 0 Å². The fourth-order valence-electron chi connectivity index (χ4n) is 0.992. The summed E-state index contributed by atoms with van der Waals surface area (Å²) in [6, 6.07) is 0.369. The average molecular weight is 213 g/mol. The van der Waals surface area contributed by atoms with Crippen molar-refractivity contribution in [3.05, 3.63) is 12.2 Å². The quantitative estimate of drug-likeness (QED) is 0.646. The molecular formula is C8H15N5S. The van der Waals surface area contributed by atoms with E-state index in [1.54, 1.807) is 0 Å². The van der Waals surface area contributed by atoms with Crippen LogP contribution in [0.2, 0.25) is 0 Å². The zero-order valence-corrected chi connectivity index (χ0v) is 9.35. The molecule has 1 heterocycles. The van der Waals surface area contributed by atoms with Crippen molar-refractivity contribution in [2.45, 2.75) is 32.9 Å². The first kappa shape index (κ1) is 10.9. The maximum absolute atomic E-state index is 5.10. The predicted octanol–water partition coefficient (Wildman–Crippen LogP) is 0.738. The lowest BCUT2D eigenvalue weighted by atomic mass is 10.3. The van der Waals surface area contributed by atoms with Crippen LogP contribution in [0.25, 0.3) is 0 Å². The van der Waals surface area contributed by atoms with E-state index in [2.05, 4.69) is 25.8 Å². The third kappa shape index (κ3) is 3.29. The minimum Gasteiger partial charge on any atom is -0.361 e. The molecule has 1 aromatic rings. The van der Waals surface area contributed by atoms with Gasteiger partial charge in [0.05, 0.1) is 6.04 Å². The first-order valence-corrected chi connectivity index (χ1v) is 4.92. The van der Waals surface area contributed by atoms with Gasteiger partial charge in [0.2, 0.25) is 0 Å². The van der Waals surface area contributed by atoms with Gasteiger partial charge in [0.1, 0.15) is 12.2 Å². The van der Waals surface area contributed by atoms with E-state index < -0.39 is 0 Å². The highest BCUT2D eigenvalue weighted by molar-refractivity contribution is 7.80. The first-order valence-electron chi connectivity index (χ1n) is 4.52. The second-order valence-corrected chi connectivity index (χ2v) is 3.77. The van der Waals surface area contributed by atoms with Gasteiger partial charge in [-0.3, -0.25) is 5.10 Å². The van der Waals surface area contributed by atoms with Gasteiger partial charge in [0.15, 0.2) is 5.11 Å². The molecule has 1 rings (SSSR count). The summed E-state index contributed by atoms with van der Waals surface area (Å²) in [6.45, 7) is 6.04. The number of rotatable bonds is 3. The molecule has 0 aliphatic rings. The summed E-state index contributed by atoms with van der Waals surface area (Å²) in [5.74, 6) is 0.776. The Balaban J connectivity index is 2.41. The number of nitrogens with zero attached hydrogens (tertiary/aromatic N) is 2. The molecule has 6 heteroatoms. The van der Waals surface area contributed by atoms with Gasteiger partial charge in [-0.05, 0) is 33.0 Å². The molecule has 3 N–H and O–H groups in total. The molecular weight excluding hydrogens is 198 g/mol. The predicted molar refractivity (Wildman–Crippen MR) is 58.8 cm³/mol. The molecule has 0 saturated heterocycles. The lowest BCUT2D eigenvalue weighted by Crippen LogP contribution is -2.40. The maximum atomic E-state index is 5.10. The van der Waals surface area contributed by atoms with Crippen molar-refractivity contribution in [2.24, 2.45) is 0 Å². The minimum atomic E-state index is 0.0382. The van der Waals surface area contributed by atoms with Gasteiger partial charge in [-0.1, -0.05) is 0 Å². The first-order chi connectivity index (χ1) is 6.59. The van der Waals surface area contributed by atoms with E-state index >= 15 is 0 Å². The molecule has 1 unspecified atom stereocenters. The number of hydrogen-bond acceptors (Lipinski definition) is 3. The highest BCUT2D eigenvalue weighted by Crippen LogP contribution is 2.03. The SMILES string of the molecule is CC(C)NC(=S)NC(C)c1ncn[nH]1. The summed E-state index contributed by atoms with van der Waals surface area (Å²) < 4.78 is 0. The van der Waals surface area contributed by atoms with Crippen LogP contribution in [0.3, 0.4) is 0 Å². The molecule has 0 amide bonds. The van der Waals surface area contributed by atoms with Crippen LogP contribution >= 0.6 is 12.2 Å². The van der Waals surface area contributed by atoms with E-state index in [1.165, 1.54) is 6.33 Å². The van der Waals surface area contributed by atoms with Crippen LogP contribution < -0.4 is 10.6 Å². The van der Waals surface area contributed by atoms with E-state index in [0.717, 1.165) is 5.82 Å². The van der Waals surface area contributed by atoms with Crippen molar-refractivity contribution in [2.75, 3.05) is 0 Å². The summed E-state index contributed by atoms with van der Waals surface area (Å²) in [7, 11) is 0. The Morgan fingerprint density at radius 1 is 1.43 bits per heavy atom. The van der Waals surface area contributed by atoms with Gasteiger partial charge < -0.3 is 10.6 Å². The molecule has 0 aliphatic carbocycles. The Hall–Kier alpha value is -1.17. The molecule has 0 aromatic carbocycles. The van der Waals surface area contributed by atoms with E-state index in [9.17, 15) is 0 Å². The van der Waals surface area contributed by atoms with E-state index in [-0.39, 0.29) is 6.04 Å². The van der Waals surface area contributed by atoms with Gasteiger partial charge >= 0.3 is 0 Å². The standard InChI is InChI=1S/C8H15N5S/c1-5(2)11-8(14)12-6(3)7-9-4-10-13-7/h4-6H,1-3H3,(H,9,10,13)(H2,11,12,14). The zero-order chi connectivity index (χ0) is 10.6. The summed E-state index contributed by atoms with van der Waals surface area (Å²) in [5, 5.41) is 13.4. The molecule has 0 fully saturated rings. The maximum Gasteiger partial charge on any atom is 0.167 e. The molecule has 0 saturated carbocycles. The molecule has 0 spiro atoms. The zero-order valence-electron chi connectivity index (χ0n) is 8.53. The van der Waals surface area contributed by atoms with Crippen LogP contribution in [0.15, 0.2) is 6.33 Å². The molecule has 5 nitrogen and oxygen atoms in total. The molecule has 0 aliphatic heterocycles. The number of thiocarbonyl (C=S) groups is 1. The molecule has 1 aromatic heterocycles. The van der Waals surface area contributed by atoms with E-state index in [1.807, 2.05) is 20.8 Å². The highest BCUT2D eigenvalue weighted by atomic mass is 32.1. The van der Waals surface area contributed by atoms with Crippen molar-refractivity contribution in [1.29, 1.82) is 0 Å². The largest absolute Gasteiger partial charge is 0.361 e. The third-order valence-electron chi connectivity index (χ3n) is 1.61. The smallest absolute Gasteiger partial charge is 0.167 e.